The van der Waals surface area contributed by atoms with Gasteiger partial charge in [-0.3, -0.25) is 0 Å². The highest BCUT2D eigenvalue weighted by atomic mass is 35.5. The Hall–Kier alpha value is -1.55. The number of nitrogens with zero attached hydrogens (tertiary/aromatic N) is 2. The molecule has 2 aromatic rings. The molecule has 4 nitrogen and oxygen atoms in total. The van der Waals surface area contributed by atoms with Crippen molar-refractivity contribution in [3.8, 4) is 0 Å². The topological polar surface area (TPSA) is 51.0 Å². The lowest BCUT2D eigenvalue weighted by Gasteiger charge is -2.01. The molecule has 84 valence electrons. The van der Waals surface area contributed by atoms with E-state index in [1.165, 1.54) is 5.56 Å². The van der Waals surface area contributed by atoms with E-state index in [0.29, 0.717) is 24.2 Å². The van der Waals surface area contributed by atoms with Gasteiger partial charge in [0.25, 0.3) is 0 Å². The molecule has 0 fully saturated rings. The lowest BCUT2D eigenvalue weighted by molar-refractivity contribution is 0.516. The van der Waals surface area contributed by atoms with Gasteiger partial charge in [-0.25, -0.2) is 0 Å². The molecular formula is C11H12ClN3O. The van der Waals surface area contributed by atoms with Crippen LogP contribution < -0.4 is 5.32 Å². The Kier molecular flexibility index (Phi) is 3.41. The molecule has 0 saturated carbocycles. The minimum absolute atomic E-state index is 0.394. The molecular weight excluding hydrogens is 226 g/mol. The largest absolute Gasteiger partial charge is 0.408 e. The van der Waals surface area contributed by atoms with Crippen molar-refractivity contribution in [1.82, 2.24) is 10.2 Å². The zero-order valence-electron chi connectivity index (χ0n) is 8.90. The Balaban J connectivity index is 2.08. The van der Waals surface area contributed by atoms with Crippen LogP contribution in [0.25, 0.3) is 0 Å². The van der Waals surface area contributed by atoms with Crippen molar-refractivity contribution in [1.29, 1.82) is 0 Å². The van der Waals surface area contributed by atoms with Gasteiger partial charge in [0.05, 0.1) is 0 Å². The number of nitrogens with one attached hydrogen (secondary N) is 1. The minimum Gasteiger partial charge on any atom is -0.408 e. The maximum absolute atomic E-state index is 5.58. The number of aromatic nitrogens is 2. The molecule has 0 aliphatic carbocycles. The Bertz CT molecular complexity index is 470. The predicted molar refractivity (Wildman–Crippen MR) is 63.2 cm³/mol. The van der Waals surface area contributed by atoms with Crippen molar-refractivity contribution < 1.29 is 4.42 Å². The smallest absolute Gasteiger partial charge is 0.320 e. The van der Waals surface area contributed by atoms with Crippen molar-refractivity contribution in [2.75, 3.05) is 11.2 Å². The molecule has 0 atom stereocenters. The van der Waals surface area contributed by atoms with Gasteiger partial charge < -0.3 is 9.73 Å². The average molecular weight is 238 g/mol. The average Bonchev–Trinajstić information content (AvgIpc) is 2.66. The third-order valence-corrected chi connectivity index (χ3v) is 2.23. The van der Waals surface area contributed by atoms with E-state index >= 15 is 0 Å². The summed E-state index contributed by atoms with van der Waals surface area (Å²) in [5.41, 5.74) is 2.10. The zero-order valence-corrected chi connectivity index (χ0v) is 9.66. The van der Waals surface area contributed by atoms with Crippen LogP contribution in [0.1, 0.15) is 11.5 Å². The van der Waals surface area contributed by atoms with Crippen molar-refractivity contribution >= 4 is 23.3 Å². The first-order chi connectivity index (χ1) is 7.78. The summed E-state index contributed by atoms with van der Waals surface area (Å²) >= 11 is 5.58. The second kappa shape index (κ2) is 4.99. The fourth-order valence-corrected chi connectivity index (χ4v) is 1.49. The number of hydrogen-bond acceptors (Lipinski definition) is 4. The van der Waals surface area contributed by atoms with Crippen LogP contribution in [0.4, 0.5) is 11.7 Å². The lowest BCUT2D eigenvalue weighted by Crippen LogP contribution is -1.90. The summed E-state index contributed by atoms with van der Waals surface area (Å²) in [6.45, 7) is 2.03. The second-order valence-corrected chi connectivity index (χ2v) is 3.81. The summed E-state index contributed by atoms with van der Waals surface area (Å²) in [5, 5.41) is 10.8. The number of benzene rings is 1. The highest BCUT2D eigenvalue weighted by Gasteiger charge is 2.05. The van der Waals surface area contributed by atoms with Crippen molar-refractivity contribution in [3.63, 3.8) is 0 Å². The lowest BCUT2D eigenvalue weighted by atomic mass is 10.2. The Morgan fingerprint density at radius 3 is 3.00 bits per heavy atom. The number of hydrogen-bond donors (Lipinski definition) is 1. The molecule has 0 amide bonds. The number of alkyl halides is 1. The van der Waals surface area contributed by atoms with Gasteiger partial charge in [0.2, 0.25) is 5.89 Å². The van der Waals surface area contributed by atoms with E-state index in [1.54, 1.807) is 0 Å². The molecule has 0 saturated heterocycles. The summed E-state index contributed by atoms with van der Waals surface area (Å²) < 4.78 is 5.35. The van der Waals surface area contributed by atoms with Gasteiger partial charge in [0.15, 0.2) is 0 Å². The summed E-state index contributed by atoms with van der Waals surface area (Å²) in [5.74, 6) is 1.02. The molecule has 0 aliphatic heterocycles. The zero-order chi connectivity index (χ0) is 11.4. The first-order valence-electron chi connectivity index (χ1n) is 5.00. The molecule has 0 radical (unpaired) electrons. The van der Waals surface area contributed by atoms with Crippen LogP contribution in [0.3, 0.4) is 0 Å². The van der Waals surface area contributed by atoms with Crippen LogP contribution in [0.5, 0.6) is 0 Å². The van der Waals surface area contributed by atoms with Crippen LogP contribution in [-0.2, 0) is 6.42 Å². The molecule has 0 unspecified atom stereocenters. The van der Waals surface area contributed by atoms with Crippen molar-refractivity contribution in [2.24, 2.45) is 0 Å². The van der Waals surface area contributed by atoms with E-state index in [0.717, 1.165) is 5.69 Å². The summed E-state index contributed by atoms with van der Waals surface area (Å²) in [4.78, 5) is 0. The Morgan fingerprint density at radius 1 is 1.38 bits per heavy atom. The molecule has 16 heavy (non-hydrogen) atoms. The number of rotatable bonds is 4. The quantitative estimate of drug-likeness (QED) is 0.831. The molecule has 0 bridgehead atoms. The van der Waals surface area contributed by atoms with Crippen molar-refractivity contribution in [2.45, 2.75) is 13.3 Å². The maximum Gasteiger partial charge on any atom is 0.320 e. The van der Waals surface area contributed by atoms with Crippen LogP contribution >= 0.6 is 11.6 Å². The highest BCUT2D eigenvalue weighted by Crippen LogP contribution is 2.16. The number of anilines is 2. The first-order valence-corrected chi connectivity index (χ1v) is 5.53. The van der Waals surface area contributed by atoms with E-state index in [1.807, 2.05) is 31.2 Å². The molecule has 0 aliphatic rings. The normalized spacial score (nSPS) is 10.4. The second-order valence-electron chi connectivity index (χ2n) is 3.43. The predicted octanol–water partition coefficient (Wildman–Crippen LogP) is 2.90. The highest BCUT2D eigenvalue weighted by molar-refractivity contribution is 6.17. The van der Waals surface area contributed by atoms with E-state index in [4.69, 9.17) is 16.0 Å². The van der Waals surface area contributed by atoms with Gasteiger partial charge in [-0.1, -0.05) is 17.2 Å². The van der Waals surface area contributed by atoms with Gasteiger partial charge in [-0.05, 0) is 24.6 Å². The summed E-state index contributed by atoms with van der Waals surface area (Å²) in [7, 11) is 0. The van der Waals surface area contributed by atoms with E-state index in [9.17, 15) is 0 Å². The molecule has 1 heterocycles. The minimum atomic E-state index is 0.394. The SMILES string of the molecule is Cc1cccc(Nc2nnc(CCCl)o2)c1. The molecule has 1 aromatic heterocycles. The Morgan fingerprint density at radius 2 is 2.25 bits per heavy atom. The van der Waals surface area contributed by atoms with Gasteiger partial charge >= 0.3 is 6.01 Å². The number of aryl methyl sites for hydroxylation is 2. The molecule has 1 N–H and O–H groups in total. The van der Waals surface area contributed by atoms with E-state index in [-0.39, 0.29) is 0 Å². The van der Waals surface area contributed by atoms with Gasteiger partial charge in [0.1, 0.15) is 0 Å². The monoisotopic (exact) mass is 237 g/mol. The first kappa shape index (κ1) is 11.0. The van der Waals surface area contributed by atoms with Gasteiger partial charge in [-0.15, -0.1) is 16.7 Å². The standard InChI is InChI=1S/C11H12ClN3O/c1-8-3-2-4-9(7-8)13-11-15-14-10(16-11)5-6-12/h2-4,7H,5-6H2,1H3,(H,13,15). The Labute approximate surface area is 98.6 Å². The molecule has 5 heteroatoms. The third-order valence-electron chi connectivity index (χ3n) is 2.04. The summed E-state index contributed by atoms with van der Waals surface area (Å²) in [6, 6.07) is 8.33. The van der Waals surface area contributed by atoms with Crippen LogP contribution in [-0.4, -0.2) is 16.1 Å². The van der Waals surface area contributed by atoms with Crippen LogP contribution in [0, 0.1) is 6.92 Å². The summed E-state index contributed by atoms with van der Waals surface area (Å²) in [6.07, 6.45) is 0.587. The van der Waals surface area contributed by atoms with E-state index in [2.05, 4.69) is 15.5 Å². The fourth-order valence-electron chi connectivity index (χ4n) is 1.33. The molecule has 2 rings (SSSR count). The number of halogens is 1. The fraction of sp³-hybridized carbons (Fsp3) is 0.273. The molecule has 0 spiro atoms. The molecule has 1 aromatic carbocycles. The van der Waals surface area contributed by atoms with E-state index < -0.39 is 0 Å². The van der Waals surface area contributed by atoms with Crippen LogP contribution in [0.2, 0.25) is 0 Å². The van der Waals surface area contributed by atoms with Crippen LogP contribution in [0.15, 0.2) is 28.7 Å². The van der Waals surface area contributed by atoms with Gasteiger partial charge in [-0.2, -0.15) is 0 Å². The van der Waals surface area contributed by atoms with Gasteiger partial charge in [0, 0.05) is 18.0 Å². The van der Waals surface area contributed by atoms with Crippen molar-refractivity contribution in [3.05, 3.63) is 35.7 Å². The maximum atomic E-state index is 5.58. The third kappa shape index (κ3) is 2.73.